The minimum Gasteiger partial charge on any atom is -0.487 e. The van der Waals surface area contributed by atoms with Gasteiger partial charge < -0.3 is 24.4 Å². The van der Waals surface area contributed by atoms with Crippen LogP contribution < -0.4 is 4.74 Å². The molecule has 0 heterocycles. The summed E-state index contributed by atoms with van der Waals surface area (Å²) in [6.07, 6.45) is 4.90. The average molecular weight is 459 g/mol. The minimum absolute atomic E-state index is 0.0872. The summed E-state index contributed by atoms with van der Waals surface area (Å²) in [7, 11) is 0. The van der Waals surface area contributed by atoms with Crippen LogP contribution in [0.3, 0.4) is 0 Å². The number of hydrogen-bond acceptors (Lipinski definition) is 8. The number of hydrogen-bond donors (Lipinski definition) is 2. The molecule has 0 bridgehead atoms. The van der Waals surface area contributed by atoms with Gasteiger partial charge in [0.25, 0.3) is 0 Å². The molecule has 1 aromatic carbocycles. The SMILES string of the molecule is CCCC(Oc1ccccc1)C1(O)C=CC(=O)C1=CC=C[C@H](OC(C)=O)[C@H](O)COC(C)=O. The van der Waals surface area contributed by atoms with Crippen LogP contribution in [-0.2, 0) is 23.9 Å². The molecule has 4 atom stereocenters. The number of allylic oxidation sites excluding steroid dienone is 3. The van der Waals surface area contributed by atoms with Gasteiger partial charge in [-0.05, 0) is 36.8 Å². The van der Waals surface area contributed by atoms with E-state index >= 15 is 0 Å². The number of aliphatic hydroxyl groups excluding tert-OH is 1. The summed E-state index contributed by atoms with van der Waals surface area (Å²) in [4.78, 5) is 34.9. The van der Waals surface area contributed by atoms with Gasteiger partial charge in [-0.25, -0.2) is 0 Å². The number of para-hydroxylation sites is 1. The lowest BCUT2D eigenvalue weighted by Crippen LogP contribution is -2.45. The average Bonchev–Trinajstić information content (AvgIpc) is 3.06. The molecule has 0 amide bonds. The van der Waals surface area contributed by atoms with Gasteiger partial charge in [0, 0.05) is 19.4 Å². The fourth-order valence-corrected chi connectivity index (χ4v) is 3.37. The maximum atomic E-state index is 12.5. The van der Waals surface area contributed by atoms with Crippen LogP contribution in [0.5, 0.6) is 5.75 Å². The molecular formula is C25H30O8. The molecule has 1 aromatic rings. The highest BCUT2D eigenvalue weighted by Gasteiger charge is 2.45. The zero-order chi connectivity index (χ0) is 24.4. The van der Waals surface area contributed by atoms with Crippen molar-refractivity contribution < 1.29 is 38.8 Å². The summed E-state index contributed by atoms with van der Waals surface area (Å²) in [6.45, 7) is 3.94. The van der Waals surface area contributed by atoms with Gasteiger partial charge in [0.1, 0.15) is 36.3 Å². The van der Waals surface area contributed by atoms with Crippen molar-refractivity contribution in [2.24, 2.45) is 0 Å². The van der Waals surface area contributed by atoms with E-state index in [1.807, 2.05) is 25.1 Å². The van der Waals surface area contributed by atoms with Crippen LogP contribution in [0.2, 0.25) is 0 Å². The Hall–Kier alpha value is -3.23. The number of ketones is 1. The third-order valence-corrected chi connectivity index (χ3v) is 4.95. The van der Waals surface area contributed by atoms with Crippen LogP contribution in [-0.4, -0.2) is 58.5 Å². The van der Waals surface area contributed by atoms with E-state index in [1.165, 1.54) is 44.2 Å². The summed E-state index contributed by atoms with van der Waals surface area (Å²) in [5.74, 6) is -1.05. The summed E-state index contributed by atoms with van der Waals surface area (Å²) in [6, 6.07) is 9.01. The lowest BCUT2D eigenvalue weighted by molar-refractivity contribution is -0.154. The molecule has 0 aliphatic heterocycles. The van der Waals surface area contributed by atoms with E-state index in [0.717, 1.165) is 0 Å². The first kappa shape index (κ1) is 26.0. The van der Waals surface area contributed by atoms with Crippen molar-refractivity contribution in [1.29, 1.82) is 0 Å². The summed E-state index contributed by atoms with van der Waals surface area (Å²) < 4.78 is 15.8. The number of esters is 2. The topological polar surface area (TPSA) is 119 Å². The highest BCUT2D eigenvalue weighted by atomic mass is 16.6. The maximum absolute atomic E-state index is 12.5. The maximum Gasteiger partial charge on any atom is 0.303 e. The molecular weight excluding hydrogens is 428 g/mol. The Labute approximate surface area is 193 Å². The van der Waals surface area contributed by atoms with Crippen molar-refractivity contribution in [3.05, 3.63) is 66.3 Å². The first-order chi connectivity index (χ1) is 15.7. The number of ether oxygens (including phenoxy) is 3. The third-order valence-electron chi connectivity index (χ3n) is 4.95. The lowest BCUT2D eigenvalue weighted by atomic mass is 9.87. The zero-order valence-corrected chi connectivity index (χ0v) is 19.0. The minimum atomic E-state index is -1.67. The van der Waals surface area contributed by atoms with Crippen molar-refractivity contribution in [3.8, 4) is 5.75 Å². The van der Waals surface area contributed by atoms with Crippen molar-refractivity contribution >= 4 is 17.7 Å². The Balaban J connectivity index is 2.27. The molecule has 2 rings (SSSR count). The molecule has 33 heavy (non-hydrogen) atoms. The largest absolute Gasteiger partial charge is 0.487 e. The van der Waals surface area contributed by atoms with Crippen LogP contribution in [0.25, 0.3) is 0 Å². The van der Waals surface area contributed by atoms with Crippen molar-refractivity contribution in [2.75, 3.05) is 6.61 Å². The standard InChI is InChI=1S/C25H30O8/c1-4-9-24(33-19-10-6-5-7-11-19)25(30)15-14-21(28)20(25)12-8-13-23(32-18(3)27)22(29)16-31-17(2)26/h5-8,10-15,22-24,29-30H,4,9,16H2,1-3H3/t22-,23+,24?,25?/m1/s1. The van der Waals surface area contributed by atoms with Gasteiger partial charge >= 0.3 is 11.9 Å². The van der Waals surface area contributed by atoms with Gasteiger partial charge in [-0.2, -0.15) is 0 Å². The number of aliphatic hydroxyl groups is 2. The van der Waals surface area contributed by atoms with Gasteiger partial charge in [0.15, 0.2) is 5.78 Å². The molecule has 0 fully saturated rings. The molecule has 0 aromatic heterocycles. The predicted molar refractivity (Wildman–Crippen MR) is 120 cm³/mol. The molecule has 0 saturated carbocycles. The van der Waals surface area contributed by atoms with Crippen molar-refractivity contribution in [2.45, 2.75) is 57.5 Å². The van der Waals surface area contributed by atoms with Crippen LogP contribution >= 0.6 is 0 Å². The van der Waals surface area contributed by atoms with E-state index < -0.39 is 35.9 Å². The molecule has 0 spiro atoms. The second kappa shape index (κ2) is 12.1. The monoisotopic (exact) mass is 458 g/mol. The Morgan fingerprint density at radius 2 is 1.85 bits per heavy atom. The lowest BCUT2D eigenvalue weighted by Gasteiger charge is -2.32. The highest BCUT2D eigenvalue weighted by Crippen LogP contribution is 2.34. The molecule has 8 heteroatoms. The van der Waals surface area contributed by atoms with Crippen LogP contribution in [0.1, 0.15) is 33.6 Å². The van der Waals surface area contributed by atoms with Crippen LogP contribution in [0, 0.1) is 0 Å². The second-order valence-corrected chi connectivity index (χ2v) is 7.64. The Kier molecular flexibility index (Phi) is 9.57. The molecule has 178 valence electrons. The van der Waals surface area contributed by atoms with E-state index in [2.05, 4.69) is 0 Å². The first-order valence-electron chi connectivity index (χ1n) is 10.7. The fourth-order valence-electron chi connectivity index (χ4n) is 3.37. The normalized spacial score (nSPS) is 21.7. The molecule has 2 N–H and O–H groups in total. The molecule has 8 nitrogen and oxygen atoms in total. The molecule has 1 aliphatic rings. The summed E-state index contributed by atoms with van der Waals surface area (Å²) in [5, 5.41) is 21.6. The first-order valence-corrected chi connectivity index (χ1v) is 10.7. The van der Waals surface area contributed by atoms with Crippen molar-refractivity contribution in [3.63, 3.8) is 0 Å². The summed E-state index contributed by atoms with van der Waals surface area (Å²) >= 11 is 0. The third kappa shape index (κ3) is 7.40. The van der Waals surface area contributed by atoms with E-state index in [9.17, 15) is 24.6 Å². The molecule has 0 radical (unpaired) electrons. The van der Waals surface area contributed by atoms with Crippen LogP contribution in [0.15, 0.2) is 66.3 Å². The quantitative estimate of drug-likeness (QED) is 0.383. The Morgan fingerprint density at radius 1 is 1.15 bits per heavy atom. The van der Waals surface area contributed by atoms with E-state index in [0.29, 0.717) is 18.6 Å². The fraction of sp³-hybridized carbons (Fsp3) is 0.400. The van der Waals surface area contributed by atoms with Gasteiger partial charge in [-0.15, -0.1) is 0 Å². The van der Waals surface area contributed by atoms with Crippen molar-refractivity contribution in [1.82, 2.24) is 0 Å². The number of rotatable bonds is 11. The molecule has 1 aliphatic carbocycles. The number of carbonyl (C=O) groups excluding carboxylic acids is 3. The summed E-state index contributed by atoms with van der Waals surface area (Å²) in [5.41, 5.74) is -1.58. The van der Waals surface area contributed by atoms with Gasteiger partial charge in [-0.1, -0.05) is 43.7 Å². The molecule has 2 unspecified atom stereocenters. The predicted octanol–water partition coefficient (Wildman–Crippen LogP) is 2.44. The van der Waals surface area contributed by atoms with E-state index in [1.54, 1.807) is 12.1 Å². The Bertz CT molecular complexity index is 918. The highest BCUT2D eigenvalue weighted by molar-refractivity contribution is 6.09. The van der Waals surface area contributed by atoms with Gasteiger partial charge in [-0.3, -0.25) is 14.4 Å². The van der Waals surface area contributed by atoms with Gasteiger partial charge in [0.05, 0.1) is 0 Å². The number of benzene rings is 1. The van der Waals surface area contributed by atoms with E-state index in [-0.39, 0.29) is 18.0 Å². The smallest absolute Gasteiger partial charge is 0.303 e. The zero-order valence-electron chi connectivity index (χ0n) is 19.0. The Morgan fingerprint density at radius 3 is 2.45 bits per heavy atom. The number of carbonyl (C=O) groups is 3. The molecule has 0 saturated heterocycles. The van der Waals surface area contributed by atoms with E-state index in [4.69, 9.17) is 14.2 Å². The van der Waals surface area contributed by atoms with Gasteiger partial charge in [0.2, 0.25) is 0 Å². The van der Waals surface area contributed by atoms with Crippen LogP contribution in [0.4, 0.5) is 0 Å². The second-order valence-electron chi connectivity index (χ2n) is 7.64.